The number of hydrogen-bond acceptors (Lipinski definition) is 7. The van der Waals surface area contributed by atoms with Crippen LogP contribution in [0.25, 0.3) is 11.3 Å². The van der Waals surface area contributed by atoms with E-state index in [1.165, 1.54) is 19.4 Å². The third-order valence-corrected chi connectivity index (χ3v) is 5.83. The van der Waals surface area contributed by atoms with Gasteiger partial charge in [-0.25, -0.2) is 4.79 Å². The Bertz CT molecular complexity index is 1160. The van der Waals surface area contributed by atoms with Gasteiger partial charge in [0.15, 0.2) is 5.43 Å². The number of aromatic nitrogens is 1. The topological polar surface area (TPSA) is 93.1 Å². The van der Waals surface area contributed by atoms with Crippen molar-refractivity contribution >= 4 is 23.5 Å². The smallest absolute Gasteiger partial charge is 0.343 e. The van der Waals surface area contributed by atoms with Crippen molar-refractivity contribution in [2.45, 2.75) is 59.1 Å². The molecule has 3 rings (SSSR count). The Morgan fingerprint density at radius 3 is 2.57 bits per heavy atom. The Morgan fingerprint density at radius 1 is 1.23 bits per heavy atom. The predicted octanol–water partition coefficient (Wildman–Crippen LogP) is 5.05. The number of benzene rings is 1. The number of hydrogen-bond donors (Lipinski definition) is 0. The highest BCUT2D eigenvalue weighted by molar-refractivity contribution is 6.32. The molecule has 8 nitrogen and oxygen atoms in total. The molecule has 0 spiro atoms. The predicted molar refractivity (Wildman–Crippen MR) is 132 cm³/mol. The second-order valence-corrected chi connectivity index (χ2v) is 10.2. The van der Waals surface area contributed by atoms with E-state index < -0.39 is 17.0 Å². The molecule has 0 fully saturated rings. The number of rotatable bonds is 7. The average molecular weight is 506 g/mol. The summed E-state index contributed by atoms with van der Waals surface area (Å²) in [5.74, 6) is 0.100. The molecule has 0 saturated heterocycles. The number of pyridine rings is 1. The maximum absolute atomic E-state index is 12.7. The van der Waals surface area contributed by atoms with Crippen LogP contribution in [-0.2, 0) is 14.3 Å². The minimum atomic E-state index is -0.689. The van der Waals surface area contributed by atoms with Gasteiger partial charge in [-0.1, -0.05) is 25.4 Å². The fraction of sp³-hybridized carbons (Fsp3) is 0.500. The van der Waals surface area contributed by atoms with Crippen molar-refractivity contribution in [3.8, 4) is 22.8 Å². The Morgan fingerprint density at radius 2 is 1.94 bits per heavy atom. The van der Waals surface area contributed by atoms with Crippen molar-refractivity contribution in [1.82, 2.24) is 4.57 Å². The molecule has 2 heterocycles. The summed E-state index contributed by atoms with van der Waals surface area (Å²) in [5.41, 5.74) is 0.192. The van der Waals surface area contributed by atoms with Crippen LogP contribution in [-0.4, -0.2) is 42.4 Å². The lowest BCUT2D eigenvalue weighted by molar-refractivity contribution is -0.155. The summed E-state index contributed by atoms with van der Waals surface area (Å²) >= 11 is 6.52. The number of halogens is 1. The minimum Gasteiger partial charge on any atom is -0.492 e. The zero-order chi connectivity index (χ0) is 25.9. The van der Waals surface area contributed by atoms with Crippen molar-refractivity contribution < 1.29 is 28.5 Å². The van der Waals surface area contributed by atoms with Gasteiger partial charge in [0, 0.05) is 30.3 Å². The summed E-state index contributed by atoms with van der Waals surface area (Å²) in [5, 5.41) is 0.337. The lowest BCUT2D eigenvalue weighted by atomic mass is 10.0. The van der Waals surface area contributed by atoms with E-state index in [1.54, 1.807) is 12.1 Å². The summed E-state index contributed by atoms with van der Waals surface area (Å²) in [4.78, 5) is 36.7. The molecule has 1 atom stereocenters. The number of methoxy groups -OCH3 is 1. The minimum absolute atomic E-state index is 0.0404. The molecule has 0 saturated carbocycles. The SMILES string of the molecule is COC(=O)c1cn2c(cc1=O)-c1cc(Cl)c(OCCCC(=O)OC(C)(C)C)cc1OC[C@H]2C(C)C. The number of fused-ring (bicyclic) bond motifs is 3. The lowest BCUT2D eigenvalue weighted by Gasteiger charge is -2.24. The van der Waals surface area contributed by atoms with E-state index in [4.69, 9.17) is 30.5 Å². The van der Waals surface area contributed by atoms with E-state index in [9.17, 15) is 14.4 Å². The summed E-state index contributed by atoms with van der Waals surface area (Å²) in [6.07, 6.45) is 2.22. The Labute approximate surface area is 210 Å². The summed E-state index contributed by atoms with van der Waals surface area (Å²) < 4.78 is 23.9. The van der Waals surface area contributed by atoms with Crippen molar-refractivity contribution in [3.05, 3.63) is 45.2 Å². The molecule has 0 radical (unpaired) electrons. The fourth-order valence-electron chi connectivity index (χ4n) is 3.83. The molecule has 0 bridgehead atoms. The number of carbonyl (C=O) groups excluding carboxylic acids is 2. The van der Waals surface area contributed by atoms with Crippen LogP contribution >= 0.6 is 11.6 Å². The molecule has 35 heavy (non-hydrogen) atoms. The van der Waals surface area contributed by atoms with Gasteiger partial charge in [0.1, 0.15) is 29.3 Å². The molecule has 1 aliphatic rings. The second-order valence-electron chi connectivity index (χ2n) is 9.78. The number of esters is 2. The number of nitrogens with zero attached hydrogens (tertiary/aromatic N) is 1. The molecular formula is C26H32ClNO7. The van der Waals surface area contributed by atoms with Gasteiger partial charge in [-0.15, -0.1) is 0 Å². The van der Waals surface area contributed by atoms with Crippen molar-refractivity contribution in [1.29, 1.82) is 0 Å². The van der Waals surface area contributed by atoms with E-state index in [1.807, 2.05) is 39.2 Å². The molecule has 1 aromatic heterocycles. The first-order valence-electron chi connectivity index (χ1n) is 11.6. The van der Waals surface area contributed by atoms with Gasteiger partial charge >= 0.3 is 11.9 Å². The molecule has 190 valence electrons. The standard InChI is InChI=1S/C26H32ClNO7/c1-15(2)20-14-34-22-12-23(33-9-7-8-24(30)35-26(3,4)5)18(27)10-16(22)19-11-21(29)17(13-28(19)20)25(31)32-6/h10-13,15,20H,7-9,14H2,1-6H3/t20-/m0/s1. The molecule has 0 amide bonds. The van der Waals surface area contributed by atoms with E-state index in [-0.39, 0.29) is 36.5 Å². The summed E-state index contributed by atoms with van der Waals surface area (Å²) in [7, 11) is 1.24. The Balaban J connectivity index is 1.88. The van der Waals surface area contributed by atoms with Crippen molar-refractivity contribution in [2.75, 3.05) is 20.3 Å². The molecule has 0 aliphatic carbocycles. The largest absolute Gasteiger partial charge is 0.492 e. The van der Waals surface area contributed by atoms with Crippen LogP contribution in [0.1, 0.15) is 63.9 Å². The first kappa shape index (κ1) is 26.6. The van der Waals surface area contributed by atoms with E-state index in [0.717, 1.165) is 0 Å². The van der Waals surface area contributed by atoms with Crippen LogP contribution < -0.4 is 14.9 Å². The Hall–Kier alpha value is -3.00. The van der Waals surface area contributed by atoms with Crippen LogP contribution in [0.3, 0.4) is 0 Å². The Kier molecular flexibility index (Phi) is 8.15. The fourth-order valence-corrected chi connectivity index (χ4v) is 4.05. The third-order valence-electron chi connectivity index (χ3n) is 5.53. The van der Waals surface area contributed by atoms with Crippen LogP contribution in [0.2, 0.25) is 5.02 Å². The average Bonchev–Trinajstić information content (AvgIpc) is 2.91. The summed E-state index contributed by atoms with van der Waals surface area (Å²) in [6, 6.07) is 4.65. The van der Waals surface area contributed by atoms with Gasteiger partial charge in [-0.05, 0) is 39.2 Å². The van der Waals surface area contributed by atoms with Crippen LogP contribution in [0, 0.1) is 5.92 Å². The van der Waals surface area contributed by atoms with Crippen molar-refractivity contribution in [2.24, 2.45) is 5.92 Å². The molecule has 0 unspecified atom stereocenters. The number of carbonyl (C=O) groups is 2. The quantitative estimate of drug-likeness (QED) is 0.384. The van der Waals surface area contributed by atoms with E-state index in [0.29, 0.717) is 40.8 Å². The van der Waals surface area contributed by atoms with Gasteiger partial charge in [-0.3, -0.25) is 9.59 Å². The highest BCUT2D eigenvalue weighted by atomic mass is 35.5. The monoisotopic (exact) mass is 505 g/mol. The first-order chi connectivity index (χ1) is 16.4. The van der Waals surface area contributed by atoms with Crippen LogP contribution in [0.5, 0.6) is 11.5 Å². The molecular weight excluding hydrogens is 474 g/mol. The number of ether oxygens (including phenoxy) is 4. The maximum Gasteiger partial charge on any atom is 0.343 e. The molecule has 1 aromatic carbocycles. The third kappa shape index (κ3) is 6.36. The van der Waals surface area contributed by atoms with Gasteiger partial charge in [0.05, 0.1) is 30.5 Å². The maximum atomic E-state index is 12.7. The molecule has 2 aromatic rings. The van der Waals surface area contributed by atoms with Gasteiger partial charge in [-0.2, -0.15) is 0 Å². The lowest BCUT2D eigenvalue weighted by Crippen LogP contribution is -2.26. The highest BCUT2D eigenvalue weighted by Gasteiger charge is 2.28. The van der Waals surface area contributed by atoms with Crippen LogP contribution in [0.15, 0.2) is 29.2 Å². The van der Waals surface area contributed by atoms with Crippen molar-refractivity contribution in [3.63, 3.8) is 0 Å². The van der Waals surface area contributed by atoms with Gasteiger partial charge < -0.3 is 23.5 Å². The van der Waals surface area contributed by atoms with E-state index >= 15 is 0 Å². The van der Waals surface area contributed by atoms with Crippen LogP contribution in [0.4, 0.5) is 0 Å². The zero-order valence-corrected chi connectivity index (χ0v) is 21.7. The molecule has 9 heteroatoms. The van der Waals surface area contributed by atoms with E-state index in [2.05, 4.69) is 0 Å². The molecule has 0 N–H and O–H groups in total. The zero-order valence-electron chi connectivity index (χ0n) is 21.0. The van der Waals surface area contributed by atoms with Gasteiger partial charge in [0.2, 0.25) is 0 Å². The molecule has 1 aliphatic heterocycles. The first-order valence-corrected chi connectivity index (χ1v) is 11.9. The normalized spacial score (nSPS) is 14.9. The second kappa shape index (κ2) is 10.7. The summed E-state index contributed by atoms with van der Waals surface area (Å²) in [6.45, 7) is 10.1. The highest BCUT2D eigenvalue weighted by Crippen LogP contribution is 2.42. The van der Waals surface area contributed by atoms with Gasteiger partial charge in [0.25, 0.3) is 0 Å².